The molecule has 1 aliphatic carbocycles. The standard InChI is InChI=1S/C15H18F3N5O4/c16-15(17,18)10(25)9-3-8(24)12(27-9)23-11-7(4-20-13(19)21-11)22(14(23)26)5-6-1-2-6/h4,6,8-10,12,24-25H,1-3,5H2,(H2,19,20,21)/t8-,9+,10?,12-/m1/s1. The smallest absolute Gasteiger partial charge is 0.388 e. The van der Waals surface area contributed by atoms with Crippen molar-refractivity contribution < 1.29 is 28.1 Å². The van der Waals surface area contributed by atoms with E-state index in [1.165, 1.54) is 10.8 Å². The third-order valence-corrected chi connectivity index (χ3v) is 4.92. The van der Waals surface area contributed by atoms with Gasteiger partial charge >= 0.3 is 11.9 Å². The topological polar surface area (TPSA) is 128 Å². The first kappa shape index (κ1) is 18.2. The van der Waals surface area contributed by atoms with Gasteiger partial charge in [0.2, 0.25) is 5.95 Å². The molecule has 2 aliphatic rings. The van der Waals surface area contributed by atoms with Crippen molar-refractivity contribution in [1.82, 2.24) is 19.1 Å². The fourth-order valence-electron chi connectivity index (χ4n) is 3.36. The van der Waals surface area contributed by atoms with Crippen molar-refractivity contribution in [2.24, 2.45) is 5.92 Å². The van der Waals surface area contributed by atoms with Crippen molar-refractivity contribution in [1.29, 1.82) is 0 Å². The lowest BCUT2D eigenvalue weighted by Gasteiger charge is -2.21. The van der Waals surface area contributed by atoms with Crippen molar-refractivity contribution in [3.8, 4) is 0 Å². The van der Waals surface area contributed by atoms with Gasteiger partial charge in [-0.05, 0) is 18.8 Å². The summed E-state index contributed by atoms with van der Waals surface area (Å²) in [4.78, 5) is 20.8. The van der Waals surface area contributed by atoms with Crippen LogP contribution < -0.4 is 11.4 Å². The number of anilines is 1. The minimum atomic E-state index is -4.91. The molecule has 2 aromatic heterocycles. The lowest BCUT2D eigenvalue weighted by molar-refractivity contribution is -0.237. The number of rotatable bonds is 4. The first-order valence-corrected chi connectivity index (χ1v) is 8.48. The van der Waals surface area contributed by atoms with Crippen LogP contribution in [0.5, 0.6) is 0 Å². The maximum absolute atomic E-state index is 12.9. The summed E-state index contributed by atoms with van der Waals surface area (Å²) in [7, 11) is 0. The number of hydrogen-bond donors (Lipinski definition) is 3. The first-order valence-electron chi connectivity index (χ1n) is 8.48. The number of nitrogens with two attached hydrogens (primary N) is 1. The lowest BCUT2D eigenvalue weighted by atomic mass is 10.1. The zero-order valence-corrected chi connectivity index (χ0v) is 14.0. The van der Waals surface area contributed by atoms with Gasteiger partial charge in [-0.15, -0.1) is 0 Å². The molecule has 9 nitrogen and oxygen atoms in total. The predicted octanol–water partition coefficient (Wildman–Crippen LogP) is 0.157. The Hall–Kier alpha value is -2.18. The molecule has 0 aromatic carbocycles. The largest absolute Gasteiger partial charge is 0.416 e. The van der Waals surface area contributed by atoms with E-state index in [-0.39, 0.29) is 11.6 Å². The van der Waals surface area contributed by atoms with Gasteiger partial charge in [0.15, 0.2) is 18.0 Å². The molecule has 4 rings (SSSR count). The number of aromatic nitrogens is 4. The van der Waals surface area contributed by atoms with Crippen molar-refractivity contribution in [3.05, 3.63) is 16.7 Å². The summed E-state index contributed by atoms with van der Waals surface area (Å²) in [5.74, 6) is 0.202. The second-order valence-corrected chi connectivity index (χ2v) is 7.00. The Bertz CT molecular complexity index is 923. The number of nitrogen functional groups attached to an aromatic ring is 1. The molecule has 2 aromatic rings. The van der Waals surface area contributed by atoms with Crippen molar-refractivity contribution in [2.45, 2.75) is 56.5 Å². The van der Waals surface area contributed by atoms with Gasteiger partial charge in [0.05, 0.1) is 12.3 Å². The molecule has 1 saturated carbocycles. The molecule has 3 heterocycles. The summed E-state index contributed by atoms with van der Waals surface area (Å²) in [6, 6.07) is 0. The Balaban J connectivity index is 1.76. The minimum absolute atomic E-state index is 0.0688. The van der Waals surface area contributed by atoms with Gasteiger partial charge in [0, 0.05) is 13.0 Å². The molecule has 2 fully saturated rings. The summed E-state index contributed by atoms with van der Waals surface area (Å²) in [5.41, 5.74) is 5.44. The first-order chi connectivity index (χ1) is 12.7. The maximum atomic E-state index is 12.9. The van der Waals surface area contributed by atoms with Crippen LogP contribution in [0.25, 0.3) is 11.2 Å². The zero-order valence-electron chi connectivity index (χ0n) is 14.0. The number of hydrogen-bond acceptors (Lipinski definition) is 7. The highest BCUT2D eigenvalue weighted by Crippen LogP contribution is 2.37. The van der Waals surface area contributed by atoms with Crippen LogP contribution in [-0.4, -0.2) is 53.8 Å². The number of aliphatic hydroxyl groups excluding tert-OH is 2. The molecule has 4 N–H and O–H groups in total. The summed E-state index contributed by atoms with van der Waals surface area (Å²) >= 11 is 0. The molecule has 1 saturated heterocycles. The summed E-state index contributed by atoms with van der Waals surface area (Å²) in [5, 5.41) is 19.7. The zero-order chi connectivity index (χ0) is 19.5. The van der Waals surface area contributed by atoms with Crippen LogP contribution in [0.3, 0.4) is 0 Å². The van der Waals surface area contributed by atoms with E-state index in [0.29, 0.717) is 18.0 Å². The second kappa shape index (κ2) is 6.17. The molecule has 0 radical (unpaired) electrons. The Labute approximate surface area is 150 Å². The minimum Gasteiger partial charge on any atom is -0.388 e. The van der Waals surface area contributed by atoms with E-state index in [9.17, 15) is 28.2 Å². The highest BCUT2D eigenvalue weighted by atomic mass is 19.4. The fraction of sp³-hybridized carbons (Fsp3) is 0.667. The molecule has 4 atom stereocenters. The molecule has 1 unspecified atom stereocenters. The van der Waals surface area contributed by atoms with E-state index < -0.39 is 42.8 Å². The summed E-state index contributed by atoms with van der Waals surface area (Å²) in [6.45, 7) is 0.410. The SMILES string of the molecule is Nc1ncc2c(n1)n([C@@H]1O[C@H](C(O)C(F)(F)F)C[C@H]1O)c(=O)n2CC1CC1. The number of alkyl halides is 3. The molecular formula is C15H18F3N5O4. The molecule has 0 amide bonds. The van der Waals surface area contributed by atoms with Crippen molar-refractivity contribution >= 4 is 17.1 Å². The van der Waals surface area contributed by atoms with E-state index >= 15 is 0 Å². The van der Waals surface area contributed by atoms with E-state index in [1.807, 2.05) is 0 Å². The maximum Gasteiger partial charge on any atom is 0.416 e. The number of nitrogens with zero attached hydrogens (tertiary/aromatic N) is 4. The van der Waals surface area contributed by atoms with Crippen LogP contribution in [-0.2, 0) is 11.3 Å². The number of fused-ring (bicyclic) bond motifs is 1. The molecule has 12 heteroatoms. The predicted molar refractivity (Wildman–Crippen MR) is 85.5 cm³/mol. The molecule has 1 aliphatic heterocycles. The normalized spacial score (nSPS) is 27.4. The van der Waals surface area contributed by atoms with Crippen molar-refractivity contribution in [3.63, 3.8) is 0 Å². The van der Waals surface area contributed by atoms with Gasteiger partial charge in [-0.3, -0.25) is 4.57 Å². The fourth-order valence-corrected chi connectivity index (χ4v) is 3.36. The van der Waals surface area contributed by atoms with E-state index in [0.717, 1.165) is 17.4 Å². The van der Waals surface area contributed by atoms with Crippen LogP contribution in [0, 0.1) is 5.92 Å². The average Bonchev–Trinajstić information content (AvgIpc) is 3.27. The third-order valence-electron chi connectivity index (χ3n) is 4.92. The van der Waals surface area contributed by atoms with Gasteiger partial charge in [0.1, 0.15) is 11.6 Å². The number of imidazole rings is 1. The highest BCUT2D eigenvalue weighted by Gasteiger charge is 2.50. The van der Waals surface area contributed by atoms with Gasteiger partial charge < -0.3 is 20.7 Å². The van der Waals surface area contributed by atoms with Crippen LogP contribution in [0.2, 0.25) is 0 Å². The summed E-state index contributed by atoms with van der Waals surface area (Å²) < 4.78 is 46.0. The highest BCUT2D eigenvalue weighted by molar-refractivity contribution is 5.72. The van der Waals surface area contributed by atoms with Crippen LogP contribution in [0.4, 0.5) is 19.1 Å². The quantitative estimate of drug-likeness (QED) is 0.679. The summed E-state index contributed by atoms with van der Waals surface area (Å²) in [6.07, 6.45) is -9.40. The Morgan fingerprint density at radius 2 is 2.11 bits per heavy atom. The van der Waals surface area contributed by atoms with Gasteiger partial charge in [-0.1, -0.05) is 0 Å². The average molecular weight is 389 g/mol. The second-order valence-electron chi connectivity index (χ2n) is 7.00. The van der Waals surface area contributed by atoms with Crippen LogP contribution >= 0.6 is 0 Å². The van der Waals surface area contributed by atoms with Crippen molar-refractivity contribution in [2.75, 3.05) is 5.73 Å². The van der Waals surface area contributed by atoms with Crippen LogP contribution in [0.15, 0.2) is 11.0 Å². The Kier molecular flexibility index (Phi) is 4.16. The van der Waals surface area contributed by atoms with Gasteiger partial charge in [-0.25, -0.2) is 14.3 Å². The number of aliphatic hydroxyl groups is 2. The third kappa shape index (κ3) is 3.17. The van der Waals surface area contributed by atoms with Crippen LogP contribution in [0.1, 0.15) is 25.5 Å². The molecule has 0 bridgehead atoms. The van der Waals surface area contributed by atoms with Gasteiger partial charge in [0.25, 0.3) is 0 Å². The number of ether oxygens (including phenoxy) is 1. The van der Waals surface area contributed by atoms with Gasteiger partial charge in [-0.2, -0.15) is 18.2 Å². The monoisotopic (exact) mass is 389 g/mol. The molecule has 27 heavy (non-hydrogen) atoms. The molecule has 0 spiro atoms. The van der Waals surface area contributed by atoms with E-state index in [2.05, 4.69) is 9.97 Å². The molecule has 148 valence electrons. The Morgan fingerprint density at radius 1 is 1.41 bits per heavy atom. The Morgan fingerprint density at radius 3 is 2.74 bits per heavy atom. The molecular weight excluding hydrogens is 371 g/mol. The van der Waals surface area contributed by atoms with E-state index in [4.69, 9.17) is 10.5 Å². The lowest BCUT2D eigenvalue weighted by Crippen LogP contribution is -2.39. The van der Waals surface area contributed by atoms with E-state index in [1.54, 1.807) is 0 Å². The number of halogens is 3.